The van der Waals surface area contributed by atoms with Gasteiger partial charge in [0.05, 0.1) is 0 Å². The van der Waals surface area contributed by atoms with Crippen LogP contribution in [0.2, 0.25) is 0 Å². The molecule has 2 atom stereocenters. The Morgan fingerprint density at radius 1 is 1.46 bits per heavy atom. The molecule has 0 radical (unpaired) electrons. The van der Waals surface area contributed by atoms with Crippen LogP contribution in [0.1, 0.15) is 27.2 Å². The van der Waals surface area contributed by atoms with Gasteiger partial charge in [-0.3, -0.25) is 4.21 Å². The summed E-state index contributed by atoms with van der Waals surface area (Å²) in [6.45, 7) is 6.95. The molecule has 2 N–H and O–H groups in total. The molecule has 0 aliphatic heterocycles. The molecule has 0 rings (SSSR count). The molecule has 0 saturated carbocycles. The molecule has 0 spiro atoms. The second kappa shape index (κ2) is 7.47. The van der Waals surface area contributed by atoms with Gasteiger partial charge in [-0.05, 0) is 13.0 Å². The number of rotatable bonds is 7. The molecule has 0 aliphatic carbocycles. The Labute approximate surface area is 83.4 Å². The first-order valence-electron chi connectivity index (χ1n) is 4.83. The maximum atomic E-state index is 11.5. The van der Waals surface area contributed by atoms with Crippen molar-refractivity contribution < 1.29 is 9.32 Å². The zero-order valence-electron chi connectivity index (χ0n) is 8.75. The Bertz CT molecular complexity index is 145. The largest absolute Gasteiger partial charge is 0.396 e. The lowest BCUT2D eigenvalue weighted by Crippen LogP contribution is -2.36. The van der Waals surface area contributed by atoms with Crippen LogP contribution in [0.15, 0.2) is 0 Å². The molecule has 0 aromatic heterocycles. The van der Waals surface area contributed by atoms with E-state index in [9.17, 15) is 4.21 Å². The van der Waals surface area contributed by atoms with Crippen LogP contribution < -0.4 is 5.32 Å². The molecule has 3 nitrogen and oxygen atoms in total. The van der Waals surface area contributed by atoms with Gasteiger partial charge in [0.2, 0.25) is 0 Å². The Balaban J connectivity index is 3.86. The quantitative estimate of drug-likeness (QED) is 0.639. The normalized spacial score (nSPS) is 16.1. The summed E-state index contributed by atoms with van der Waals surface area (Å²) < 4.78 is 11.5. The predicted molar refractivity (Wildman–Crippen MR) is 57.3 cm³/mol. The second-order valence-electron chi connectivity index (χ2n) is 3.36. The molecule has 0 heterocycles. The number of nitrogens with one attached hydrogen (secondary N) is 1. The monoisotopic (exact) mass is 207 g/mol. The van der Waals surface area contributed by atoms with Gasteiger partial charge >= 0.3 is 0 Å². The Morgan fingerprint density at radius 2 is 2.08 bits per heavy atom. The van der Waals surface area contributed by atoms with Crippen molar-refractivity contribution in [1.82, 2.24) is 5.32 Å². The number of hydrogen-bond acceptors (Lipinski definition) is 3. The zero-order chi connectivity index (χ0) is 10.3. The SMILES string of the molecule is CCNC(CCO)CS(=O)C(C)C. The van der Waals surface area contributed by atoms with Crippen molar-refractivity contribution >= 4 is 10.8 Å². The summed E-state index contributed by atoms with van der Waals surface area (Å²) in [7, 11) is -0.778. The van der Waals surface area contributed by atoms with E-state index in [4.69, 9.17) is 5.11 Å². The van der Waals surface area contributed by atoms with Crippen LogP contribution in [0.4, 0.5) is 0 Å². The molecule has 0 amide bonds. The average Bonchev–Trinajstić information content (AvgIpc) is 2.05. The van der Waals surface area contributed by atoms with Crippen LogP contribution in [-0.2, 0) is 10.8 Å². The maximum Gasteiger partial charge on any atom is 0.0446 e. The predicted octanol–water partition coefficient (Wildman–Crippen LogP) is 0.504. The first-order chi connectivity index (χ1) is 6.11. The minimum absolute atomic E-state index is 0.160. The standard InChI is InChI=1S/C9H21NO2S/c1-4-10-9(5-6-11)7-13(12)8(2)3/h8-11H,4-7H2,1-3H3. The molecular formula is C9H21NO2S. The van der Waals surface area contributed by atoms with Crippen LogP contribution in [0.25, 0.3) is 0 Å². The van der Waals surface area contributed by atoms with Gasteiger partial charge < -0.3 is 10.4 Å². The zero-order valence-corrected chi connectivity index (χ0v) is 9.56. The van der Waals surface area contributed by atoms with Gasteiger partial charge in [-0.1, -0.05) is 20.8 Å². The van der Waals surface area contributed by atoms with Crippen molar-refractivity contribution in [2.45, 2.75) is 38.5 Å². The molecule has 4 heteroatoms. The lowest BCUT2D eigenvalue weighted by Gasteiger charge is -2.17. The van der Waals surface area contributed by atoms with E-state index in [0.29, 0.717) is 12.2 Å². The minimum Gasteiger partial charge on any atom is -0.396 e. The van der Waals surface area contributed by atoms with Crippen molar-refractivity contribution in [3.05, 3.63) is 0 Å². The van der Waals surface area contributed by atoms with Crippen molar-refractivity contribution in [3.63, 3.8) is 0 Å². The van der Waals surface area contributed by atoms with Gasteiger partial charge in [-0.2, -0.15) is 0 Å². The third kappa shape index (κ3) is 6.18. The van der Waals surface area contributed by atoms with Crippen LogP contribution in [0.5, 0.6) is 0 Å². The second-order valence-corrected chi connectivity index (χ2v) is 5.40. The number of hydrogen-bond donors (Lipinski definition) is 2. The van der Waals surface area contributed by atoms with Gasteiger partial charge in [0.25, 0.3) is 0 Å². The van der Waals surface area contributed by atoms with E-state index in [2.05, 4.69) is 5.32 Å². The van der Waals surface area contributed by atoms with Crippen LogP contribution in [0.3, 0.4) is 0 Å². The lowest BCUT2D eigenvalue weighted by molar-refractivity contribution is 0.270. The van der Waals surface area contributed by atoms with Crippen LogP contribution in [-0.4, -0.2) is 39.5 Å². The highest BCUT2D eigenvalue weighted by atomic mass is 32.2. The molecule has 0 aromatic rings. The first kappa shape index (κ1) is 13.1. The van der Waals surface area contributed by atoms with E-state index in [1.54, 1.807) is 0 Å². The molecule has 0 bridgehead atoms. The number of aliphatic hydroxyl groups is 1. The molecule has 2 unspecified atom stereocenters. The van der Waals surface area contributed by atoms with Crippen molar-refractivity contribution in [1.29, 1.82) is 0 Å². The Kier molecular flexibility index (Phi) is 7.51. The highest BCUT2D eigenvalue weighted by molar-refractivity contribution is 7.85. The van der Waals surface area contributed by atoms with Crippen molar-refractivity contribution in [3.8, 4) is 0 Å². The van der Waals surface area contributed by atoms with E-state index >= 15 is 0 Å². The smallest absolute Gasteiger partial charge is 0.0446 e. The summed E-state index contributed by atoms with van der Waals surface area (Å²) in [4.78, 5) is 0. The average molecular weight is 207 g/mol. The van der Waals surface area contributed by atoms with Gasteiger partial charge in [0, 0.05) is 34.5 Å². The molecule has 0 aliphatic rings. The van der Waals surface area contributed by atoms with E-state index in [1.165, 1.54) is 0 Å². The maximum absolute atomic E-state index is 11.5. The fraction of sp³-hybridized carbons (Fsp3) is 1.00. The molecule has 80 valence electrons. The van der Waals surface area contributed by atoms with E-state index < -0.39 is 10.8 Å². The summed E-state index contributed by atoms with van der Waals surface area (Å²) in [5, 5.41) is 12.2. The molecule has 0 fully saturated rings. The minimum atomic E-state index is -0.778. The molecular weight excluding hydrogens is 186 g/mol. The highest BCUT2D eigenvalue weighted by Crippen LogP contribution is 2.00. The third-order valence-electron chi connectivity index (χ3n) is 1.86. The molecule has 13 heavy (non-hydrogen) atoms. The van der Waals surface area contributed by atoms with Crippen LogP contribution >= 0.6 is 0 Å². The van der Waals surface area contributed by atoms with E-state index in [0.717, 1.165) is 6.54 Å². The fourth-order valence-electron chi connectivity index (χ4n) is 1.08. The van der Waals surface area contributed by atoms with Crippen LogP contribution in [0, 0.1) is 0 Å². The summed E-state index contributed by atoms with van der Waals surface area (Å²) in [6.07, 6.45) is 0.687. The fourth-order valence-corrected chi connectivity index (χ4v) is 2.15. The van der Waals surface area contributed by atoms with Gasteiger partial charge in [-0.25, -0.2) is 0 Å². The van der Waals surface area contributed by atoms with Crippen molar-refractivity contribution in [2.75, 3.05) is 18.9 Å². The summed E-state index contributed by atoms with van der Waals surface area (Å²) in [5.41, 5.74) is 0. The Hall–Kier alpha value is 0.0700. The van der Waals surface area contributed by atoms with E-state index in [-0.39, 0.29) is 17.9 Å². The van der Waals surface area contributed by atoms with Gasteiger partial charge in [-0.15, -0.1) is 0 Å². The third-order valence-corrected chi connectivity index (χ3v) is 3.64. The van der Waals surface area contributed by atoms with E-state index in [1.807, 2.05) is 20.8 Å². The highest BCUT2D eigenvalue weighted by Gasteiger charge is 2.13. The molecule has 0 aromatic carbocycles. The van der Waals surface area contributed by atoms with Gasteiger partial charge in [0.15, 0.2) is 0 Å². The van der Waals surface area contributed by atoms with Gasteiger partial charge in [0.1, 0.15) is 0 Å². The first-order valence-corrected chi connectivity index (χ1v) is 6.21. The lowest BCUT2D eigenvalue weighted by atomic mass is 10.2. The van der Waals surface area contributed by atoms with Crippen molar-refractivity contribution in [2.24, 2.45) is 0 Å². The number of aliphatic hydroxyl groups excluding tert-OH is 1. The summed E-state index contributed by atoms with van der Waals surface area (Å²) in [6, 6.07) is 0.193. The summed E-state index contributed by atoms with van der Waals surface area (Å²) >= 11 is 0. The topological polar surface area (TPSA) is 49.3 Å². The molecule has 0 saturated heterocycles. The Morgan fingerprint density at radius 3 is 2.46 bits per heavy atom. The summed E-state index contributed by atoms with van der Waals surface area (Å²) in [5.74, 6) is 0.645.